The van der Waals surface area contributed by atoms with E-state index in [9.17, 15) is 9.59 Å². The first-order valence-electron chi connectivity index (χ1n) is 3.86. The van der Waals surface area contributed by atoms with E-state index in [0.29, 0.717) is 22.0 Å². The van der Waals surface area contributed by atoms with E-state index in [1.807, 2.05) is 0 Å². The van der Waals surface area contributed by atoms with E-state index >= 15 is 0 Å². The topological polar surface area (TPSA) is 84.6 Å². The van der Waals surface area contributed by atoms with E-state index in [1.165, 1.54) is 16.9 Å². The van der Waals surface area contributed by atoms with Crippen LogP contribution in [0, 0.1) is 0 Å². The van der Waals surface area contributed by atoms with Crippen LogP contribution in [0.2, 0.25) is 0 Å². The van der Waals surface area contributed by atoms with Crippen LogP contribution in [0.5, 0.6) is 0 Å². The van der Waals surface area contributed by atoms with E-state index in [4.69, 9.17) is 5.11 Å². The van der Waals surface area contributed by atoms with E-state index < -0.39 is 5.97 Å². The van der Waals surface area contributed by atoms with Crippen molar-refractivity contribution in [1.29, 1.82) is 0 Å². The lowest BCUT2D eigenvalue weighted by Crippen LogP contribution is -1.98. The largest absolute Gasteiger partial charge is 0.476 e. The van der Waals surface area contributed by atoms with Gasteiger partial charge in [-0.25, -0.2) is 14.3 Å². The Bertz CT molecular complexity index is 564. The van der Waals surface area contributed by atoms with Crippen molar-refractivity contribution in [3.63, 3.8) is 0 Å². The van der Waals surface area contributed by atoms with E-state index in [2.05, 4.69) is 26.0 Å². The predicted molar refractivity (Wildman–Crippen MR) is 53.0 cm³/mol. The van der Waals surface area contributed by atoms with Gasteiger partial charge in [-0.05, 0) is 15.9 Å². The summed E-state index contributed by atoms with van der Waals surface area (Å²) in [5.74, 6) is -1.15. The van der Waals surface area contributed by atoms with Crippen LogP contribution in [0.4, 0.5) is 0 Å². The average Bonchev–Trinajstić information content (AvgIpc) is 2.55. The van der Waals surface area contributed by atoms with Crippen LogP contribution in [0.1, 0.15) is 20.8 Å². The third-order valence-electron chi connectivity index (χ3n) is 1.77. The molecule has 0 fully saturated rings. The molecule has 0 aliphatic carbocycles. The van der Waals surface area contributed by atoms with Crippen LogP contribution >= 0.6 is 15.9 Å². The lowest BCUT2D eigenvalue weighted by molar-refractivity contribution is 0.0689. The molecule has 2 aromatic heterocycles. The molecule has 0 amide bonds. The molecule has 15 heavy (non-hydrogen) atoms. The molecule has 0 saturated carbocycles. The molecule has 0 aliphatic heterocycles. The Balaban J connectivity index is 2.76. The summed E-state index contributed by atoms with van der Waals surface area (Å²) >= 11 is 3.08. The SMILES string of the molecule is O=Cc1cnc2c(Br)c(C(=O)O)nn2c1. The summed E-state index contributed by atoms with van der Waals surface area (Å²) in [6.07, 6.45) is 3.37. The normalized spacial score (nSPS) is 10.5. The number of aromatic carboxylic acids is 1. The Kier molecular flexibility index (Phi) is 2.24. The average molecular weight is 270 g/mol. The minimum atomic E-state index is -1.15. The predicted octanol–water partition coefficient (Wildman–Crippen LogP) is 1.00. The van der Waals surface area contributed by atoms with Crippen LogP contribution in [0.25, 0.3) is 5.65 Å². The third-order valence-corrected chi connectivity index (χ3v) is 2.51. The molecule has 0 aliphatic rings. The van der Waals surface area contributed by atoms with Crippen LogP contribution in [-0.2, 0) is 0 Å². The number of halogens is 1. The summed E-state index contributed by atoms with van der Waals surface area (Å²) in [6, 6.07) is 0. The number of aromatic nitrogens is 3. The van der Waals surface area contributed by atoms with Crippen molar-refractivity contribution in [3.05, 3.63) is 28.1 Å². The number of carboxylic acids is 1. The Morgan fingerprint density at radius 3 is 2.93 bits per heavy atom. The first-order chi connectivity index (χ1) is 7.13. The molecule has 0 spiro atoms. The highest BCUT2D eigenvalue weighted by molar-refractivity contribution is 9.10. The highest BCUT2D eigenvalue weighted by atomic mass is 79.9. The summed E-state index contributed by atoms with van der Waals surface area (Å²) in [6.45, 7) is 0. The molecule has 6 nitrogen and oxygen atoms in total. The molecule has 2 aromatic rings. The van der Waals surface area contributed by atoms with Crippen molar-refractivity contribution in [2.45, 2.75) is 0 Å². The molecule has 0 aromatic carbocycles. The molecule has 0 saturated heterocycles. The zero-order valence-electron chi connectivity index (χ0n) is 7.22. The second-order valence-electron chi connectivity index (χ2n) is 2.74. The van der Waals surface area contributed by atoms with Crippen molar-refractivity contribution in [1.82, 2.24) is 14.6 Å². The fourth-order valence-corrected chi connectivity index (χ4v) is 1.65. The zero-order chi connectivity index (χ0) is 11.0. The minimum Gasteiger partial charge on any atom is -0.476 e. The molecular formula is C8H4BrN3O3. The van der Waals surface area contributed by atoms with E-state index in [1.54, 1.807) is 0 Å². The summed E-state index contributed by atoms with van der Waals surface area (Å²) in [7, 11) is 0. The number of hydrogen-bond donors (Lipinski definition) is 1. The first kappa shape index (κ1) is 9.78. The lowest BCUT2D eigenvalue weighted by Gasteiger charge is -1.92. The Labute approximate surface area is 91.7 Å². The Morgan fingerprint density at radius 2 is 2.33 bits per heavy atom. The number of hydrogen-bond acceptors (Lipinski definition) is 4. The van der Waals surface area contributed by atoms with Gasteiger partial charge in [-0.15, -0.1) is 0 Å². The van der Waals surface area contributed by atoms with Crippen molar-refractivity contribution in [2.75, 3.05) is 0 Å². The quantitative estimate of drug-likeness (QED) is 0.823. The van der Waals surface area contributed by atoms with Gasteiger partial charge in [0.2, 0.25) is 0 Å². The summed E-state index contributed by atoms with van der Waals surface area (Å²) in [5, 5.41) is 12.6. The monoisotopic (exact) mass is 269 g/mol. The number of nitrogens with zero attached hydrogens (tertiary/aromatic N) is 3. The van der Waals surface area contributed by atoms with Gasteiger partial charge in [0.15, 0.2) is 17.6 Å². The summed E-state index contributed by atoms with van der Waals surface area (Å²) in [4.78, 5) is 25.1. The zero-order valence-corrected chi connectivity index (χ0v) is 8.80. The molecule has 0 unspecified atom stereocenters. The smallest absolute Gasteiger partial charge is 0.357 e. The highest BCUT2D eigenvalue weighted by Gasteiger charge is 2.17. The number of carbonyl (C=O) groups is 2. The maximum atomic E-state index is 10.7. The minimum absolute atomic E-state index is 0.134. The fraction of sp³-hybridized carbons (Fsp3) is 0. The number of rotatable bonds is 2. The van der Waals surface area contributed by atoms with E-state index in [0.717, 1.165) is 0 Å². The Morgan fingerprint density at radius 1 is 1.60 bits per heavy atom. The number of fused-ring (bicyclic) bond motifs is 1. The molecule has 0 bridgehead atoms. The number of carbonyl (C=O) groups excluding carboxylic acids is 1. The van der Waals surface area contributed by atoms with E-state index in [-0.39, 0.29) is 5.69 Å². The van der Waals surface area contributed by atoms with Crippen LogP contribution in [-0.4, -0.2) is 32.0 Å². The Hall–Kier alpha value is -1.76. The van der Waals surface area contributed by atoms with Gasteiger partial charge in [0, 0.05) is 12.4 Å². The van der Waals surface area contributed by atoms with Gasteiger partial charge >= 0.3 is 5.97 Å². The van der Waals surface area contributed by atoms with Crippen LogP contribution in [0.3, 0.4) is 0 Å². The third kappa shape index (κ3) is 1.50. The second-order valence-corrected chi connectivity index (χ2v) is 3.53. The van der Waals surface area contributed by atoms with Crippen LogP contribution in [0.15, 0.2) is 16.9 Å². The van der Waals surface area contributed by atoms with Gasteiger partial charge in [-0.1, -0.05) is 0 Å². The molecule has 7 heteroatoms. The van der Waals surface area contributed by atoms with Crippen molar-refractivity contribution in [2.24, 2.45) is 0 Å². The van der Waals surface area contributed by atoms with Crippen molar-refractivity contribution in [3.8, 4) is 0 Å². The summed E-state index contributed by atoms with van der Waals surface area (Å²) < 4.78 is 1.55. The maximum Gasteiger partial charge on any atom is 0.357 e. The first-order valence-corrected chi connectivity index (χ1v) is 4.65. The molecule has 0 radical (unpaired) electrons. The van der Waals surface area contributed by atoms with Gasteiger partial charge < -0.3 is 5.11 Å². The molecule has 76 valence electrons. The molecule has 1 N–H and O–H groups in total. The van der Waals surface area contributed by atoms with Gasteiger partial charge in [0.1, 0.15) is 0 Å². The van der Waals surface area contributed by atoms with Crippen molar-refractivity contribution < 1.29 is 14.7 Å². The molecular weight excluding hydrogens is 266 g/mol. The van der Waals surface area contributed by atoms with Gasteiger partial charge in [0.25, 0.3) is 0 Å². The number of aldehydes is 1. The lowest BCUT2D eigenvalue weighted by atomic mass is 10.4. The van der Waals surface area contributed by atoms with Gasteiger partial charge in [-0.3, -0.25) is 4.79 Å². The molecule has 2 rings (SSSR count). The van der Waals surface area contributed by atoms with Crippen molar-refractivity contribution >= 4 is 33.8 Å². The number of carboxylic acid groups (broad SMARTS) is 1. The van der Waals surface area contributed by atoms with Gasteiger partial charge in [0.05, 0.1) is 10.0 Å². The second kappa shape index (κ2) is 3.43. The standard InChI is InChI=1S/C8H4BrN3O3/c9-5-6(8(14)15)11-12-2-4(3-13)1-10-7(5)12/h1-3H,(H,14,15). The molecule has 0 atom stereocenters. The maximum absolute atomic E-state index is 10.7. The summed E-state index contributed by atoms with van der Waals surface area (Å²) in [5.41, 5.74) is 0.554. The van der Waals surface area contributed by atoms with Gasteiger partial charge in [-0.2, -0.15) is 5.10 Å². The molecule has 2 heterocycles. The highest BCUT2D eigenvalue weighted by Crippen LogP contribution is 2.20. The van der Waals surface area contributed by atoms with Crippen LogP contribution < -0.4 is 0 Å². The fourth-order valence-electron chi connectivity index (χ4n) is 1.12.